The van der Waals surface area contributed by atoms with Crippen molar-refractivity contribution in [1.29, 1.82) is 0 Å². The van der Waals surface area contributed by atoms with Crippen molar-refractivity contribution < 1.29 is 9.90 Å². The maximum Gasteiger partial charge on any atom is 0.339 e. The van der Waals surface area contributed by atoms with Crippen molar-refractivity contribution in [3.8, 4) is 0 Å². The zero-order valence-electron chi connectivity index (χ0n) is 11.8. The lowest BCUT2D eigenvalue weighted by Gasteiger charge is -2.32. The van der Waals surface area contributed by atoms with E-state index in [0.29, 0.717) is 28.7 Å². The van der Waals surface area contributed by atoms with Crippen LogP contribution in [0.15, 0.2) is 0 Å². The van der Waals surface area contributed by atoms with Crippen molar-refractivity contribution in [2.75, 3.05) is 11.9 Å². The fourth-order valence-electron chi connectivity index (χ4n) is 2.74. The number of aromatic carboxylic acids is 1. The maximum atomic E-state index is 11.5. The lowest BCUT2D eigenvalue weighted by Crippen LogP contribution is -2.35. The van der Waals surface area contributed by atoms with Crippen molar-refractivity contribution in [2.45, 2.75) is 52.0 Å². The van der Waals surface area contributed by atoms with E-state index in [-0.39, 0.29) is 0 Å². The van der Waals surface area contributed by atoms with Crippen LogP contribution in [0.3, 0.4) is 0 Å². The highest BCUT2D eigenvalue weighted by atomic mass is 16.4. The van der Waals surface area contributed by atoms with Crippen molar-refractivity contribution in [3.63, 3.8) is 0 Å². The van der Waals surface area contributed by atoms with Gasteiger partial charge in [0.2, 0.25) is 0 Å². The number of anilines is 1. The van der Waals surface area contributed by atoms with E-state index in [4.69, 9.17) is 0 Å². The van der Waals surface area contributed by atoms with Gasteiger partial charge in [-0.25, -0.2) is 4.79 Å². The highest BCUT2D eigenvalue weighted by molar-refractivity contribution is 5.95. The van der Waals surface area contributed by atoms with Gasteiger partial charge in [0.05, 0.1) is 5.69 Å². The van der Waals surface area contributed by atoms with E-state index < -0.39 is 5.97 Å². The average Bonchev–Trinajstić information content (AvgIpc) is 2.41. The second-order valence-corrected chi connectivity index (χ2v) is 5.32. The second-order valence-electron chi connectivity index (χ2n) is 5.32. The molecule has 104 valence electrons. The summed E-state index contributed by atoms with van der Waals surface area (Å²) in [4.78, 5) is 13.5. The molecule has 0 unspecified atom stereocenters. The molecule has 1 aromatic heterocycles. The molecule has 5 nitrogen and oxygen atoms in total. The Kier molecular flexibility index (Phi) is 4.02. The summed E-state index contributed by atoms with van der Waals surface area (Å²) in [7, 11) is 1.93. The fourth-order valence-corrected chi connectivity index (χ4v) is 2.74. The smallest absolute Gasteiger partial charge is 0.339 e. The van der Waals surface area contributed by atoms with Gasteiger partial charge < -0.3 is 10.0 Å². The first-order chi connectivity index (χ1) is 9.02. The number of aryl methyl sites for hydroxylation is 1. The Balaban J connectivity index is 2.38. The van der Waals surface area contributed by atoms with E-state index in [0.717, 1.165) is 12.8 Å². The number of hydrogen-bond donors (Lipinski definition) is 1. The minimum absolute atomic E-state index is 0.292. The quantitative estimate of drug-likeness (QED) is 0.907. The largest absolute Gasteiger partial charge is 0.478 e. The van der Waals surface area contributed by atoms with Gasteiger partial charge in [-0.2, -0.15) is 5.10 Å². The van der Waals surface area contributed by atoms with Crippen molar-refractivity contribution >= 4 is 11.8 Å². The Hall–Kier alpha value is -1.65. The van der Waals surface area contributed by atoms with Gasteiger partial charge in [-0.1, -0.05) is 19.3 Å². The first kappa shape index (κ1) is 13.8. The van der Waals surface area contributed by atoms with Crippen LogP contribution < -0.4 is 4.90 Å². The van der Waals surface area contributed by atoms with E-state index in [1.54, 1.807) is 13.8 Å². The first-order valence-corrected chi connectivity index (χ1v) is 6.82. The molecule has 1 fully saturated rings. The summed E-state index contributed by atoms with van der Waals surface area (Å²) in [6.07, 6.45) is 5.88. The minimum Gasteiger partial charge on any atom is -0.478 e. The molecule has 0 radical (unpaired) electrons. The number of rotatable bonds is 3. The predicted octanol–water partition coefficient (Wildman–Crippen LogP) is 2.56. The average molecular weight is 263 g/mol. The molecule has 1 aliphatic rings. The molecule has 0 saturated heterocycles. The molecule has 19 heavy (non-hydrogen) atoms. The lowest BCUT2D eigenvalue weighted by atomic mass is 9.94. The van der Waals surface area contributed by atoms with Crippen LogP contribution >= 0.6 is 0 Å². The van der Waals surface area contributed by atoms with Gasteiger partial charge in [0.1, 0.15) is 5.56 Å². The van der Waals surface area contributed by atoms with E-state index in [2.05, 4.69) is 10.2 Å². The van der Waals surface area contributed by atoms with Crippen LogP contribution in [0.25, 0.3) is 0 Å². The van der Waals surface area contributed by atoms with Crippen LogP contribution in [-0.4, -0.2) is 34.4 Å². The van der Waals surface area contributed by atoms with E-state index >= 15 is 0 Å². The molecule has 1 N–H and O–H groups in total. The molecule has 0 amide bonds. The summed E-state index contributed by atoms with van der Waals surface area (Å²) in [6.45, 7) is 3.59. The summed E-state index contributed by atoms with van der Waals surface area (Å²) in [6, 6.07) is 0.378. The standard InChI is InChI=1S/C14H21N3O2/c1-9-10(2)15-16-13(12(9)14(18)19)17(3)11-7-5-4-6-8-11/h11H,4-8H2,1-3H3,(H,18,19). The number of aromatic nitrogens is 2. The summed E-state index contributed by atoms with van der Waals surface area (Å²) < 4.78 is 0. The molecule has 1 saturated carbocycles. The van der Waals surface area contributed by atoms with E-state index in [1.165, 1.54) is 19.3 Å². The van der Waals surface area contributed by atoms with Crippen LogP contribution in [0, 0.1) is 13.8 Å². The topological polar surface area (TPSA) is 66.3 Å². The number of carbonyl (C=O) groups is 1. The molecule has 2 rings (SSSR count). The Bertz CT molecular complexity index is 482. The minimum atomic E-state index is -0.923. The highest BCUT2D eigenvalue weighted by Crippen LogP contribution is 2.28. The van der Waals surface area contributed by atoms with Crippen LogP contribution in [0.2, 0.25) is 0 Å². The van der Waals surface area contributed by atoms with Crippen LogP contribution in [-0.2, 0) is 0 Å². The first-order valence-electron chi connectivity index (χ1n) is 6.82. The van der Waals surface area contributed by atoms with Crippen molar-refractivity contribution in [1.82, 2.24) is 10.2 Å². The van der Waals surface area contributed by atoms with Gasteiger partial charge in [-0.05, 0) is 32.3 Å². The third-order valence-corrected chi connectivity index (χ3v) is 4.11. The Morgan fingerprint density at radius 1 is 1.21 bits per heavy atom. The summed E-state index contributed by atoms with van der Waals surface area (Å²) in [5.74, 6) is -0.421. The zero-order chi connectivity index (χ0) is 14.0. The van der Waals surface area contributed by atoms with E-state index in [9.17, 15) is 9.90 Å². The van der Waals surface area contributed by atoms with E-state index in [1.807, 2.05) is 11.9 Å². The number of hydrogen-bond acceptors (Lipinski definition) is 4. The lowest BCUT2D eigenvalue weighted by molar-refractivity contribution is 0.0696. The highest BCUT2D eigenvalue weighted by Gasteiger charge is 2.25. The second kappa shape index (κ2) is 5.55. The molecule has 1 heterocycles. The molecule has 1 aliphatic carbocycles. The number of nitrogens with zero attached hydrogens (tertiary/aromatic N) is 3. The number of carboxylic acid groups (broad SMARTS) is 1. The van der Waals surface area contributed by atoms with Crippen LogP contribution in [0.1, 0.15) is 53.7 Å². The van der Waals surface area contributed by atoms with Crippen LogP contribution in [0.5, 0.6) is 0 Å². The molecule has 1 aromatic rings. The molecule has 5 heteroatoms. The maximum absolute atomic E-state index is 11.5. The Morgan fingerprint density at radius 3 is 2.42 bits per heavy atom. The van der Waals surface area contributed by atoms with Gasteiger partial charge in [-0.3, -0.25) is 0 Å². The third-order valence-electron chi connectivity index (χ3n) is 4.11. The third kappa shape index (κ3) is 2.69. The van der Waals surface area contributed by atoms with Gasteiger partial charge in [0, 0.05) is 13.1 Å². The SMILES string of the molecule is Cc1nnc(N(C)C2CCCCC2)c(C(=O)O)c1C. The van der Waals surface area contributed by atoms with Gasteiger partial charge in [0.15, 0.2) is 5.82 Å². The Morgan fingerprint density at radius 2 is 1.84 bits per heavy atom. The van der Waals surface area contributed by atoms with Gasteiger partial charge in [-0.15, -0.1) is 5.10 Å². The fraction of sp³-hybridized carbons (Fsp3) is 0.643. The van der Waals surface area contributed by atoms with Gasteiger partial charge >= 0.3 is 5.97 Å². The summed E-state index contributed by atoms with van der Waals surface area (Å²) >= 11 is 0. The zero-order valence-corrected chi connectivity index (χ0v) is 11.8. The molecular weight excluding hydrogens is 242 g/mol. The van der Waals surface area contributed by atoms with Crippen molar-refractivity contribution in [2.24, 2.45) is 0 Å². The molecule has 0 spiro atoms. The molecule has 0 aromatic carbocycles. The summed E-state index contributed by atoms with van der Waals surface area (Å²) in [5, 5.41) is 17.6. The monoisotopic (exact) mass is 263 g/mol. The molecule has 0 bridgehead atoms. The Labute approximate surface area is 113 Å². The predicted molar refractivity (Wildman–Crippen MR) is 73.7 cm³/mol. The molecule has 0 aliphatic heterocycles. The molecule has 0 atom stereocenters. The van der Waals surface area contributed by atoms with Crippen molar-refractivity contribution in [3.05, 3.63) is 16.8 Å². The van der Waals surface area contributed by atoms with Gasteiger partial charge in [0.25, 0.3) is 0 Å². The molecular formula is C14H21N3O2. The summed E-state index contributed by atoms with van der Waals surface area (Å²) in [5.41, 5.74) is 1.68. The number of carboxylic acids is 1. The normalized spacial score (nSPS) is 16.4. The van der Waals surface area contributed by atoms with Crippen LogP contribution in [0.4, 0.5) is 5.82 Å².